The van der Waals surface area contributed by atoms with Crippen LogP contribution < -0.4 is 19.5 Å². The van der Waals surface area contributed by atoms with Crippen LogP contribution in [0.4, 0.5) is 11.4 Å². The zero-order chi connectivity index (χ0) is 21.4. The monoisotopic (exact) mass is 426 g/mol. The van der Waals surface area contributed by atoms with E-state index < -0.39 is 10.0 Å². The van der Waals surface area contributed by atoms with Crippen LogP contribution in [0.25, 0.3) is 0 Å². The van der Waals surface area contributed by atoms with E-state index in [1.165, 1.54) is 0 Å². The van der Waals surface area contributed by atoms with Crippen molar-refractivity contribution >= 4 is 27.3 Å². The molecule has 7 nitrogen and oxygen atoms in total. The van der Waals surface area contributed by atoms with Gasteiger partial charge in [-0.25, -0.2) is 8.42 Å². The molecule has 0 unspecified atom stereocenters. The maximum absolute atomic E-state index is 12.1. The molecule has 0 aliphatic heterocycles. The van der Waals surface area contributed by atoms with Gasteiger partial charge < -0.3 is 14.8 Å². The van der Waals surface area contributed by atoms with Gasteiger partial charge in [-0.05, 0) is 67.6 Å². The smallest absolute Gasteiger partial charge is 0.262 e. The maximum atomic E-state index is 12.1. The summed E-state index contributed by atoms with van der Waals surface area (Å²) in [5.74, 6) is 1.59. The van der Waals surface area contributed by atoms with Gasteiger partial charge in [-0.1, -0.05) is 18.2 Å². The van der Waals surface area contributed by atoms with Crippen LogP contribution in [0.5, 0.6) is 17.2 Å². The molecule has 2 N–H and O–H groups in total. The van der Waals surface area contributed by atoms with Crippen LogP contribution in [0.3, 0.4) is 0 Å². The number of para-hydroxylation sites is 1. The summed E-state index contributed by atoms with van der Waals surface area (Å²) < 4.78 is 36.8. The van der Waals surface area contributed by atoms with Gasteiger partial charge >= 0.3 is 0 Å². The van der Waals surface area contributed by atoms with Crippen LogP contribution in [0.2, 0.25) is 0 Å². The molecule has 0 bridgehead atoms. The molecule has 1 amide bonds. The lowest BCUT2D eigenvalue weighted by Crippen LogP contribution is -2.20. The summed E-state index contributed by atoms with van der Waals surface area (Å²) in [7, 11) is -3.33. The number of ether oxygens (including phenoxy) is 2. The minimum Gasteiger partial charge on any atom is -0.484 e. The fourth-order valence-electron chi connectivity index (χ4n) is 2.45. The molecule has 30 heavy (non-hydrogen) atoms. The van der Waals surface area contributed by atoms with Gasteiger partial charge in [0.1, 0.15) is 17.2 Å². The van der Waals surface area contributed by atoms with Gasteiger partial charge in [-0.2, -0.15) is 0 Å². The van der Waals surface area contributed by atoms with Crippen molar-refractivity contribution in [2.45, 2.75) is 6.92 Å². The maximum Gasteiger partial charge on any atom is 0.262 e. The number of hydrogen-bond donors (Lipinski definition) is 2. The molecule has 0 saturated heterocycles. The van der Waals surface area contributed by atoms with E-state index in [4.69, 9.17) is 9.47 Å². The average molecular weight is 426 g/mol. The second kappa shape index (κ2) is 9.80. The molecule has 0 aromatic heterocycles. The second-order valence-corrected chi connectivity index (χ2v) is 8.32. The lowest BCUT2D eigenvalue weighted by molar-refractivity contribution is -0.118. The molecule has 0 aliphatic rings. The van der Waals surface area contributed by atoms with Crippen molar-refractivity contribution in [2.24, 2.45) is 0 Å². The molecule has 0 spiro atoms. The first-order valence-corrected chi connectivity index (χ1v) is 10.9. The SMILES string of the molecule is CCS(=O)(=O)Nc1ccc(NC(=O)COc2ccc(Oc3ccccc3)cc2)cc1. The minimum absolute atomic E-state index is 0.0117. The molecule has 8 heteroatoms. The van der Waals surface area contributed by atoms with Crippen molar-refractivity contribution in [2.75, 3.05) is 22.4 Å². The fourth-order valence-corrected chi connectivity index (χ4v) is 3.09. The number of sulfonamides is 1. The summed E-state index contributed by atoms with van der Waals surface area (Å²) >= 11 is 0. The lowest BCUT2D eigenvalue weighted by Gasteiger charge is -2.10. The third kappa shape index (κ3) is 6.52. The molecule has 0 saturated carbocycles. The Bertz CT molecular complexity index is 1070. The zero-order valence-electron chi connectivity index (χ0n) is 16.4. The molecular formula is C22H22N2O5S. The molecule has 3 aromatic carbocycles. The highest BCUT2D eigenvalue weighted by Crippen LogP contribution is 2.23. The first kappa shape index (κ1) is 21.2. The van der Waals surface area contributed by atoms with Crippen LogP contribution in [-0.2, 0) is 14.8 Å². The zero-order valence-corrected chi connectivity index (χ0v) is 17.2. The second-order valence-electron chi connectivity index (χ2n) is 6.31. The number of nitrogens with one attached hydrogen (secondary N) is 2. The number of carbonyl (C=O) groups is 1. The summed E-state index contributed by atoms with van der Waals surface area (Å²) in [6.07, 6.45) is 0. The first-order chi connectivity index (χ1) is 14.4. The number of anilines is 2. The van der Waals surface area contributed by atoms with Crippen molar-refractivity contribution in [3.63, 3.8) is 0 Å². The van der Waals surface area contributed by atoms with Gasteiger partial charge in [0.05, 0.1) is 5.75 Å². The van der Waals surface area contributed by atoms with E-state index in [2.05, 4.69) is 10.0 Å². The standard InChI is InChI=1S/C22H22N2O5S/c1-2-30(26,27)24-18-10-8-17(9-11-18)23-22(25)16-28-19-12-14-21(15-13-19)29-20-6-4-3-5-7-20/h3-15,24H,2,16H2,1H3,(H,23,25). The fraction of sp³-hybridized carbons (Fsp3) is 0.136. The Morgan fingerprint density at radius 1 is 0.800 bits per heavy atom. The van der Waals surface area contributed by atoms with E-state index in [1.807, 2.05) is 30.3 Å². The van der Waals surface area contributed by atoms with Crippen LogP contribution in [-0.4, -0.2) is 26.7 Å². The summed E-state index contributed by atoms with van der Waals surface area (Å²) in [6, 6.07) is 22.8. The average Bonchev–Trinajstić information content (AvgIpc) is 2.75. The Balaban J connectivity index is 1.47. The highest BCUT2D eigenvalue weighted by atomic mass is 32.2. The first-order valence-electron chi connectivity index (χ1n) is 9.30. The van der Waals surface area contributed by atoms with E-state index in [9.17, 15) is 13.2 Å². The number of carbonyl (C=O) groups excluding carboxylic acids is 1. The lowest BCUT2D eigenvalue weighted by atomic mass is 10.3. The van der Waals surface area contributed by atoms with Gasteiger partial charge in [0.2, 0.25) is 10.0 Å². The number of amides is 1. The van der Waals surface area contributed by atoms with Crippen LogP contribution in [0.15, 0.2) is 78.9 Å². The van der Waals surface area contributed by atoms with Crippen molar-refractivity contribution in [1.29, 1.82) is 0 Å². The summed E-state index contributed by atoms with van der Waals surface area (Å²) in [5, 5.41) is 2.69. The Kier molecular flexibility index (Phi) is 6.92. The predicted molar refractivity (Wildman–Crippen MR) is 117 cm³/mol. The summed E-state index contributed by atoms with van der Waals surface area (Å²) in [5.41, 5.74) is 0.971. The number of hydrogen-bond acceptors (Lipinski definition) is 5. The predicted octanol–water partition coefficient (Wildman–Crippen LogP) is 4.26. The van der Waals surface area contributed by atoms with Gasteiger partial charge in [0, 0.05) is 11.4 Å². The highest BCUT2D eigenvalue weighted by Gasteiger charge is 2.08. The largest absolute Gasteiger partial charge is 0.484 e. The third-order valence-corrected chi connectivity index (χ3v) is 5.30. The minimum atomic E-state index is -3.33. The molecule has 3 rings (SSSR count). The molecule has 0 heterocycles. The Labute approximate surface area is 175 Å². The van der Waals surface area contributed by atoms with Gasteiger partial charge in [0.25, 0.3) is 5.91 Å². The van der Waals surface area contributed by atoms with E-state index >= 15 is 0 Å². The van der Waals surface area contributed by atoms with E-state index in [0.717, 1.165) is 5.75 Å². The van der Waals surface area contributed by atoms with Crippen molar-refractivity contribution < 1.29 is 22.7 Å². The van der Waals surface area contributed by atoms with Crippen molar-refractivity contribution in [3.05, 3.63) is 78.9 Å². The van der Waals surface area contributed by atoms with E-state index in [-0.39, 0.29) is 18.3 Å². The quantitative estimate of drug-likeness (QED) is 0.533. The van der Waals surface area contributed by atoms with E-state index in [0.29, 0.717) is 22.9 Å². The van der Waals surface area contributed by atoms with Crippen LogP contribution in [0.1, 0.15) is 6.92 Å². The molecule has 0 atom stereocenters. The Morgan fingerprint density at radius 3 is 2.00 bits per heavy atom. The summed E-state index contributed by atoms with van der Waals surface area (Å²) in [6.45, 7) is 1.39. The molecule has 3 aromatic rings. The van der Waals surface area contributed by atoms with Crippen LogP contribution >= 0.6 is 0 Å². The van der Waals surface area contributed by atoms with E-state index in [1.54, 1.807) is 55.5 Å². The van der Waals surface area contributed by atoms with Crippen LogP contribution in [0, 0.1) is 0 Å². The normalized spacial score (nSPS) is 10.8. The Morgan fingerprint density at radius 2 is 1.37 bits per heavy atom. The molecule has 0 radical (unpaired) electrons. The van der Waals surface area contributed by atoms with Gasteiger partial charge in [-0.3, -0.25) is 9.52 Å². The third-order valence-electron chi connectivity index (χ3n) is 3.99. The van der Waals surface area contributed by atoms with Gasteiger partial charge in [-0.15, -0.1) is 0 Å². The van der Waals surface area contributed by atoms with Crippen molar-refractivity contribution in [1.82, 2.24) is 0 Å². The number of rotatable bonds is 9. The molecular weight excluding hydrogens is 404 g/mol. The Hall–Kier alpha value is -3.52. The van der Waals surface area contributed by atoms with Crippen molar-refractivity contribution in [3.8, 4) is 17.2 Å². The molecule has 0 fully saturated rings. The molecule has 156 valence electrons. The van der Waals surface area contributed by atoms with Gasteiger partial charge in [0.15, 0.2) is 6.61 Å². The molecule has 0 aliphatic carbocycles. The highest BCUT2D eigenvalue weighted by molar-refractivity contribution is 7.92. The number of benzene rings is 3. The topological polar surface area (TPSA) is 93.7 Å². The summed E-state index contributed by atoms with van der Waals surface area (Å²) in [4.78, 5) is 12.1.